The Labute approximate surface area is 97.3 Å². The van der Waals surface area contributed by atoms with Gasteiger partial charge in [-0.2, -0.15) is 0 Å². The molecule has 0 spiro atoms. The molecule has 2 aromatic rings. The standard InChI is InChI=1S/C11H12N2O2S/c1-6(14)12-8-5-11-9(4-10(8)15-3)13-7(2)16-11/h4-5H,1-3H3,(H,12,14). The molecule has 1 heterocycles. The second kappa shape index (κ2) is 4.09. The number of hydrogen-bond acceptors (Lipinski definition) is 4. The summed E-state index contributed by atoms with van der Waals surface area (Å²) in [6, 6.07) is 3.73. The summed E-state index contributed by atoms with van der Waals surface area (Å²) in [7, 11) is 1.58. The number of benzene rings is 1. The molecule has 0 saturated carbocycles. The number of thiazole rings is 1. The Kier molecular flexibility index (Phi) is 2.78. The van der Waals surface area contributed by atoms with E-state index in [4.69, 9.17) is 4.74 Å². The number of ether oxygens (including phenoxy) is 1. The predicted molar refractivity (Wildman–Crippen MR) is 65.2 cm³/mol. The van der Waals surface area contributed by atoms with Gasteiger partial charge in [0.1, 0.15) is 5.75 Å². The van der Waals surface area contributed by atoms with Crippen LogP contribution in [0.25, 0.3) is 10.2 Å². The van der Waals surface area contributed by atoms with Gasteiger partial charge in [0, 0.05) is 13.0 Å². The minimum atomic E-state index is -0.112. The van der Waals surface area contributed by atoms with Gasteiger partial charge in [0.2, 0.25) is 5.91 Å². The zero-order valence-electron chi connectivity index (χ0n) is 9.33. The Bertz CT molecular complexity index is 548. The summed E-state index contributed by atoms with van der Waals surface area (Å²) in [5.74, 6) is 0.520. The van der Waals surface area contributed by atoms with E-state index in [1.54, 1.807) is 18.4 Å². The number of carbonyl (C=O) groups excluding carboxylic acids is 1. The molecule has 0 unspecified atom stereocenters. The first-order valence-electron chi connectivity index (χ1n) is 4.83. The van der Waals surface area contributed by atoms with Crippen LogP contribution < -0.4 is 10.1 Å². The van der Waals surface area contributed by atoms with E-state index in [1.807, 2.05) is 19.1 Å². The van der Waals surface area contributed by atoms with Crippen LogP contribution >= 0.6 is 11.3 Å². The summed E-state index contributed by atoms with van der Waals surface area (Å²) in [6.07, 6.45) is 0. The number of methoxy groups -OCH3 is 1. The molecule has 0 radical (unpaired) electrons. The molecule has 0 aliphatic heterocycles. The zero-order chi connectivity index (χ0) is 11.7. The molecular formula is C11H12N2O2S. The van der Waals surface area contributed by atoms with Gasteiger partial charge in [0.15, 0.2) is 0 Å². The first-order valence-corrected chi connectivity index (χ1v) is 5.64. The van der Waals surface area contributed by atoms with Crippen LogP contribution in [-0.2, 0) is 4.79 Å². The van der Waals surface area contributed by atoms with Gasteiger partial charge in [-0.25, -0.2) is 4.98 Å². The number of rotatable bonds is 2. The molecule has 5 heteroatoms. The van der Waals surface area contributed by atoms with Crippen LogP contribution in [0.5, 0.6) is 5.75 Å². The van der Waals surface area contributed by atoms with Crippen LogP contribution in [-0.4, -0.2) is 18.0 Å². The van der Waals surface area contributed by atoms with Gasteiger partial charge >= 0.3 is 0 Å². The molecule has 0 saturated heterocycles. The minimum Gasteiger partial charge on any atom is -0.494 e. The van der Waals surface area contributed by atoms with Crippen molar-refractivity contribution in [2.75, 3.05) is 12.4 Å². The fourth-order valence-electron chi connectivity index (χ4n) is 1.53. The third kappa shape index (κ3) is 1.99. The number of nitrogens with zero attached hydrogens (tertiary/aromatic N) is 1. The molecule has 0 bridgehead atoms. The van der Waals surface area contributed by atoms with E-state index in [2.05, 4.69) is 10.3 Å². The number of nitrogens with one attached hydrogen (secondary N) is 1. The number of amides is 1. The van der Waals surface area contributed by atoms with Crippen molar-refractivity contribution in [3.05, 3.63) is 17.1 Å². The van der Waals surface area contributed by atoms with Crippen molar-refractivity contribution >= 4 is 33.1 Å². The molecule has 1 aromatic carbocycles. The Morgan fingerprint density at radius 2 is 2.25 bits per heavy atom. The first kappa shape index (κ1) is 10.9. The maximum absolute atomic E-state index is 11.0. The van der Waals surface area contributed by atoms with Crippen molar-refractivity contribution in [1.29, 1.82) is 0 Å². The Morgan fingerprint density at radius 1 is 1.50 bits per heavy atom. The molecule has 1 aromatic heterocycles. The lowest BCUT2D eigenvalue weighted by Crippen LogP contribution is -2.06. The third-order valence-corrected chi connectivity index (χ3v) is 3.06. The Balaban J connectivity index is 2.57. The Morgan fingerprint density at radius 3 is 2.88 bits per heavy atom. The van der Waals surface area contributed by atoms with Crippen LogP contribution in [0, 0.1) is 6.92 Å². The molecule has 0 fully saturated rings. The van der Waals surface area contributed by atoms with Gasteiger partial charge < -0.3 is 10.1 Å². The highest BCUT2D eigenvalue weighted by atomic mass is 32.1. The second-order valence-electron chi connectivity index (χ2n) is 3.43. The highest BCUT2D eigenvalue weighted by Gasteiger charge is 2.09. The molecule has 84 valence electrons. The maximum atomic E-state index is 11.0. The van der Waals surface area contributed by atoms with Crippen molar-refractivity contribution in [3.63, 3.8) is 0 Å². The van der Waals surface area contributed by atoms with E-state index >= 15 is 0 Å². The number of aromatic nitrogens is 1. The molecule has 16 heavy (non-hydrogen) atoms. The van der Waals surface area contributed by atoms with Crippen molar-refractivity contribution in [3.8, 4) is 5.75 Å². The highest BCUT2D eigenvalue weighted by molar-refractivity contribution is 7.18. The summed E-state index contributed by atoms with van der Waals surface area (Å²) in [5.41, 5.74) is 1.58. The maximum Gasteiger partial charge on any atom is 0.221 e. The third-order valence-electron chi connectivity index (χ3n) is 2.13. The molecule has 0 aliphatic carbocycles. The molecule has 0 atom stereocenters. The normalized spacial score (nSPS) is 10.4. The van der Waals surface area contributed by atoms with Gasteiger partial charge in [0.05, 0.1) is 28.0 Å². The van der Waals surface area contributed by atoms with E-state index in [0.29, 0.717) is 11.4 Å². The fourth-order valence-corrected chi connectivity index (χ4v) is 2.37. The lowest BCUT2D eigenvalue weighted by Gasteiger charge is -2.08. The number of aryl methyl sites for hydroxylation is 1. The van der Waals surface area contributed by atoms with Crippen LogP contribution in [0.3, 0.4) is 0 Å². The molecule has 0 aliphatic rings. The van der Waals surface area contributed by atoms with Crippen molar-refractivity contribution < 1.29 is 9.53 Å². The molecule has 4 nitrogen and oxygen atoms in total. The summed E-state index contributed by atoms with van der Waals surface area (Å²) in [6.45, 7) is 3.43. The lowest BCUT2D eigenvalue weighted by molar-refractivity contribution is -0.114. The van der Waals surface area contributed by atoms with E-state index in [1.165, 1.54) is 6.92 Å². The summed E-state index contributed by atoms with van der Waals surface area (Å²) in [5, 5.41) is 3.74. The SMILES string of the molecule is COc1cc2nc(C)sc2cc1NC(C)=O. The topological polar surface area (TPSA) is 51.2 Å². The van der Waals surface area contributed by atoms with E-state index < -0.39 is 0 Å². The lowest BCUT2D eigenvalue weighted by atomic mass is 10.2. The Hall–Kier alpha value is -1.62. The van der Waals surface area contributed by atoms with E-state index in [-0.39, 0.29) is 5.91 Å². The summed E-state index contributed by atoms with van der Waals surface area (Å²) in [4.78, 5) is 15.4. The van der Waals surface area contributed by atoms with Gasteiger partial charge in [0.25, 0.3) is 0 Å². The van der Waals surface area contributed by atoms with Crippen LogP contribution in [0.1, 0.15) is 11.9 Å². The highest BCUT2D eigenvalue weighted by Crippen LogP contribution is 2.32. The summed E-state index contributed by atoms with van der Waals surface area (Å²) >= 11 is 1.59. The van der Waals surface area contributed by atoms with Gasteiger partial charge in [-0.3, -0.25) is 4.79 Å². The smallest absolute Gasteiger partial charge is 0.221 e. The number of fused-ring (bicyclic) bond motifs is 1. The molecule has 1 N–H and O–H groups in total. The van der Waals surface area contributed by atoms with Gasteiger partial charge in [-0.05, 0) is 13.0 Å². The second-order valence-corrected chi connectivity index (χ2v) is 4.67. The number of hydrogen-bond donors (Lipinski definition) is 1. The number of carbonyl (C=O) groups is 1. The van der Waals surface area contributed by atoms with Crippen molar-refractivity contribution in [1.82, 2.24) is 4.98 Å². The molecular weight excluding hydrogens is 224 g/mol. The van der Waals surface area contributed by atoms with Gasteiger partial charge in [-0.15, -0.1) is 11.3 Å². The average molecular weight is 236 g/mol. The van der Waals surface area contributed by atoms with Crippen LogP contribution in [0.4, 0.5) is 5.69 Å². The average Bonchev–Trinajstić information content (AvgIpc) is 2.55. The van der Waals surface area contributed by atoms with Gasteiger partial charge in [-0.1, -0.05) is 0 Å². The van der Waals surface area contributed by atoms with Crippen molar-refractivity contribution in [2.24, 2.45) is 0 Å². The monoisotopic (exact) mass is 236 g/mol. The quantitative estimate of drug-likeness (QED) is 0.871. The largest absolute Gasteiger partial charge is 0.494 e. The van der Waals surface area contributed by atoms with Crippen LogP contribution in [0.15, 0.2) is 12.1 Å². The summed E-state index contributed by atoms with van der Waals surface area (Å²) < 4.78 is 6.26. The predicted octanol–water partition coefficient (Wildman–Crippen LogP) is 2.57. The first-order chi connectivity index (χ1) is 7.60. The van der Waals surface area contributed by atoms with E-state index in [0.717, 1.165) is 15.2 Å². The number of anilines is 1. The molecule has 1 amide bonds. The van der Waals surface area contributed by atoms with Crippen molar-refractivity contribution in [2.45, 2.75) is 13.8 Å². The minimum absolute atomic E-state index is 0.112. The van der Waals surface area contributed by atoms with E-state index in [9.17, 15) is 4.79 Å². The fraction of sp³-hybridized carbons (Fsp3) is 0.273. The van der Waals surface area contributed by atoms with Crippen LogP contribution in [0.2, 0.25) is 0 Å². The zero-order valence-corrected chi connectivity index (χ0v) is 10.1. The molecule has 2 rings (SSSR count).